The molecule has 2 rings (SSSR count). The van der Waals surface area contributed by atoms with Crippen LogP contribution >= 0.6 is 11.3 Å². The molecular formula is C13H15N3O4S2. The maximum atomic E-state index is 12.0. The zero-order valence-electron chi connectivity index (χ0n) is 12.3. The number of carbonyl (C=O) groups excluding carboxylic acids is 1. The Morgan fingerprint density at radius 2 is 2.05 bits per heavy atom. The third-order valence-electron chi connectivity index (χ3n) is 2.69. The zero-order valence-corrected chi connectivity index (χ0v) is 13.9. The lowest BCUT2D eigenvalue weighted by molar-refractivity contribution is 0.0471. The Balaban J connectivity index is 2.04. The van der Waals surface area contributed by atoms with Crippen LogP contribution in [0.3, 0.4) is 0 Å². The first-order valence-corrected chi connectivity index (χ1v) is 8.95. The first-order chi connectivity index (χ1) is 10.3. The molecular weight excluding hydrogens is 326 g/mol. The van der Waals surface area contributed by atoms with Gasteiger partial charge in [-0.15, -0.1) is 10.2 Å². The molecule has 1 aromatic heterocycles. The van der Waals surface area contributed by atoms with Crippen molar-refractivity contribution >= 4 is 32.8 Å². The maximum Gasteiger partial charge on any atom is 0.338 e. The number of esters is 1. The normalized spacial score (nSPS) is 11.2. The van der Waals surface area contributed by atoms with Crippen molar-refractivity contribution in [2.24, 2.45) is 0 Å². The Hall–Kier alpha value is -2.00. The summed E-state index contributed by atoms with van der Waals surface area (Å²) in [6.45, 7) is -0.113. The number of ether oxygens (including phenoxy) is 1. The average molecular weight is 341 g/mol. The molecule has 0 amide bonds. The van der Waals surface area contributed by atoms with E-state index in [0.717, 1.165) is 23.3 Å². The van der Waals surface area contributed by atoms with Gasteiger partial charge in [-0.2, -0.15) is 0 Å². The maximum absolute atomic E-state index is 12.0. The predicted octanol–water partition coefficient (Wildman–Crippen LogP) is 1.36. The molecule has 2 aromatic rings. The number of aromatic nitrogens is 2. The molecule has 1 heterocycles. The number of benzene rings is 1. The van der Waals surface area contributed by atoms with E-state index in [9.17, 15) is 13.2 Å². The fraction of sp³-hybridized carbons (Fsp3) is 0.308. The van der Waals surface area contributed by atoms with E-state index in [4.69, 9.17) is 4.74 Å². The molecule has 0 saturated heterocycles. The lowest BCUT2D eigenvalue weighted by Gasteiger charge is -2.13. The summed E-state index contributed by atoms with van der Waals surface area (Å²) in [5.41, 5.74) is 1.30. The molecule has 7 nitrogen and oxygen atoms in total. The lowest BCUT2D eigenvalue weighted by atomic mass is 10.2. The summed E-state index contributed by atoms with van der Waals surface area (Å²) in [5.74, 6) is -0.500. The second-order valence-corrected chi connectivity index (χ2v) is 8.01. The summed E-state index contributed by atoms with van der Waals surface area (Å²) in [4.78, 5) is 13.9. The fourth-order valence-corrected chi connectivity index (χ4v) is 3.13. The fourth-order valence-electron chi connectivity index (χ4n) is 1.57. The number of nitrogens with zero attached hydrogens (tertiary/aromatic N) is 3. The summed E-state index contributed by atoms with van der Waals surface area (Å²) < 4.78 is 27.6. The molecule has 0 aliphatic rings. The lowest BCUT2D eigenvalue weighted by Crippen LogP contribution is -2.10. The molecule has 0 N–H and O–H groups in total. The van der Waals surface area contributed by atoms with Crippen LogP contribution in [-0.4, -0.2) is 44.9 Å². The quantitative estimate of drug-likeness (QED) is 0.759. The van der Waals surface area contributed by atoms with Gasteiger partial charge in [-0.1, -0.05) is 17.4 Å². The topological polar surface area (TPSA) is 89.5 Å². The molecule has 0 spiro atoms. The highest BCUT2D eigenvalue weighted by molar-refractivity contribution is 7.92. The van der Waals surface area contributed by atoms with Gasteiger partial charge in [0, 0.05) is 26.0 Å². The monoisotopic (exact) mass is 341 g/mol. The Morgan fingerprint density at radius 1 is 1.32 bits per heavy atom. The number of anilines is 1. The molecule has 0 aliphatic heterocycles. The van der Waals surface area contributed by atoms with Gasteiger partial charge in [0.05, 0.1) is 5.56 Å². The Bertz CT molecular complexity index is 784. The summed E-state index contributed by atoms with van der Waals surface area (Å²) >= 11 is 0.889. The summed E-state index contributed by atoms with van der Waals surface area (Å²) in [7, 11) is 0.358. The van der Waals surface area contributed by atoms with Gasteiger partial charge in [-0.05, 0) is 18.2 Å². The number of rotatable bonds is 5. The number of carbonyl (C=O) groups is 1. The van der Waals surface area contributed by atoms with E-state index < -0.39 is 15.8 Å². The molecule has 118 valence electrons. The highest BCUT2D eigenvalue weighted by Gasteiger charge is 2.16. The van der Waals surface area contributed by atoms with Gasteiger partial charge in [0.2, 0.25) is 14.2 Å². The van der Waals surface area contributed by atoms with E-state index in [1.807, 2.05) is 25.1 Å². The van der Waals surface area contributed by atoms with Crippen molar-refractivity contribution < 1.29 is 17.9 Å². The van der Waals surface area contributed by atoms with Gasteiger partial charge in [0.25, 0.3) is 0 Å². The first kappa shape index (κ1) is 16.4. The van der Waals surface area contributed by atoms with Gasteiger partial charge in [0.1, 0.15) is 6.61 Å². The predicted molar refractivity (Wildman–Crippen MR) is 82.9 cm³/mol. The van der Waals surface area contributed by atoms with Crippen molar-refractivity contribution in [1.82, 2.24) is 10.2 Å². The SMILES string of the molecule is CN(C)c1cccc(C(=O)OCc2nnc(S(C)(=O)=O)s2)c1. The van der Waals surface area contributed by atoms with Crippen LogP contribution in [0.2, 0.25) is 0 Å². The van der Waals surface area contributed by atoms with Gasteiger partial charge >= 0.3 is 5.97 Å². The molecule has 0 aliphatic carbocycles. The van der Waals surface area contributed by atoms with E-state index in [0.29, 0.717) is 10.6 Å². The minimum Gasteiger partial charge on any atom is -0.455 e. The number of hydrogen-bond donors (Lipinski definition) is 0. The second-order valence-electron chi connectivity index (χ2n) is 4.75. The molecule has 0 fully saturated rings. The third-order valence-corrected chi connectivity index (χ3v) is 5.26. The molecule has 0 unspecified atom stereocenters. The summed E-state index contributed by atoms with van der Waals surface area (Å²) in [6, 6.07) is 7.00. The van der Waals surface area contributed by atoms with Crippen LogP contribution < -0.4 is 4.90 Å². The first-order valence-electron chi connectivity index (χ1n) is 6.24. The van der Waals surface area contributed by atoms with Gasteiger partial charge in [-0.3, -0.25) is 0 Å². The Labute approximate surface area is 132 Å². The van der Waals surface area contributed by atoms with Gasteiger partial charge in [-0.25, -0.2) is 13.2 Å². The van der Waals surface area contributed by atoms with Crippen LogP contribution in [0.1, 0.15) is 15.4 Å². The molecule has 0 bridgehead atoms. The van der Waals surface area contributed by atoms with Crippen LogP contribution in [0, 0.1) is 0 Å². The van der Waals surface area contributed by atoms with E-state index in [-0.39, 0.29) is 10.9 Å². The van der Waals surface area contributed by atoms with E-state index in [2.05, 4.69) is 10.2 Å². The minimum absolute atomic E-state index is 0.0897. The molecule has 1 aromatic carbocycles. The van der Waals surface area contributed by atoms with Crippen molar-refractivity contribution in [3.63, 3.8) is 0 Å². The third kappa shape index (κ3) is 4.01. The van der Waals surface area contributed by atoms with Gasteiger partial charge in [0.15, 0.2) is 5.01 Å². The summed E-state index contributed by atoms with van der Waals surface area (Å²) in [5, 5.41) is 7.59. The van der Waals surface area contributed by atoms with Crippen LogP contribution in [-0.2, 0) is 21.2 Å². The smallest absolute Gasteiger partial charge is 0.338 e. The second kappa shape index (κ2) is 6.41. The molecule has 0 atom stereocenters. The molecule has 22 heavy (non-hydrogen) atoms. The van der Waals surface area contributed by atoms with Gasteiger partial charge < -0.3 is 9.64 Å². The van der Waals surface area contributed by atoms with E-state index in [1.54, 1.807) is 18.2 Å². The van der Waals surface area contributed by atoms with Crippen LogP contribution in [0.5, 0.6) is 0 Å². The standard InChI is InChI=1S/C13H15N3O4S2/c1-16(2)10-6-4-5-9(7-10)12(17)20-8-11-14-15-13(21-11)22(3,18)19/h4-7H,8H2,1-3H3. The largest absolute Gasteiger partial charge is 0.455 e. The summed E-state index contributed by atoms with van der Waals surface area (Å²) in [6.07, 6.45) is 1.05. The highest BCUT2D eigenvalue weighted by atomic mass is 32.2. The molecule has 9 heteroatoms. The van der Waals surface area contributed by atoms with Crippen LogP contribution in [0.25, 0.3) is 0 Å². The van der Waals surface area contributed by atoms with Crippen molar-refractivity contribution in [2.75, 3.05) is 25.3 Å². The Kier molecular flexibility index (Phi) is 4.77. The van der Waals surface area contributed by atoms with Crippen LogP contribution in [0.15, 0.2) is 28.6 Å². The van der Waals surface area contributed by atoms with Crippen molar-refractivity contribution in [3.8, 4) is 0 Å². The van der Waals surface area contributed by atoms with Crippen molar-refractivity contribution in [1.29, 1.82) is 0 Å². The number of sulfone groups is 1. The van der Waals surface area contributed by atoms with E-state index in [1.165, 1.54) is 0 Å². The highest BCUT2D eigenvalue weighted by Crippen LogP contribution is 2.18. The van der Waals surface area contributed by atoms with E-state index >= 15 is 0 Å². The number of hydrogen-bond acceptors (Lipinski definition) is 8. The van der Waals surface area contributed by atoms with Crippen molar-refractivity contribution in [2.45, 2.75) is 10.9 Å². The molecule has 0 saturated carbocycles. The van der Waals surface area contributed by atoms with Crippen molar-refractivity contribution in [3.05, 3.63) is 34.8 Å². The molecule has 0 radical (unpaired) electrons. The minimum atomic E-state index is -3.39. The van der Waals surface area contributed by atoms with Crippen LogP contribution in [0.4, 0.5) is 5.69 Å². The zero-order chi connectivity index (χ0) is 16.3. The Morgan fingerprint density at radius 3 is 2.64 bits per heavy atom. The average Bonchev–Trinajstić information content (AvgIpc) is 2.94.